The van der Waals surface area contributed by atoms with E-state index in [0.29, 0.717) is 0 Å². The quantitative estimate of drug-likeness (QED) is 0.612. The lowest BCUT2D eigenvalue weighted by atomic mass is 9.94. The van der Waals surface area contributed by atoms with Gasteiger partial charge in [-0.25, -0.2) is 13.1 Å². The van der Waals surface area contributed by atoms with Crippen LogP contribution in [0.4, 0.5) is 0 Å². The molecule has 0 atom stereocenters. The minimum Gasteiger partial charge on any atom is -0.317 e. The van der Waals surface area contributed by atoms with E-state index in [0.717, 1.165) is 45.2 Å². The van der Waals surface area contributed by atoms with Gasteiger partial charge in [-0.3, -0.25) is 0 Å². The Morgan fingerprint density at radius 1 is 1.27 bits per heavy atom. The average molecular weight is 234 g/mol. The highest BCUT2D eigenvalue weighted by Crippen LogP contribution is 2.19. The molecule has 5 heteroatoms. The van der Waals surface area contributed by atoms with Gasteiger partial charge in [-0.15, -0.1) is 0 Å². The number of unbranched alkanes of at least 4 members (excludes halogenated alkanes) is 1. The van der Waals surface area contributed by atoms with Crippen LogP contribution < -0.4 is 10.0 Å². The maximum Gasteiger partial charge on any atom is 0.211 e. The van der Waals surface area contributed by atoms with E-state index in [1.807, 2.05) is 0 Å². The zero-order chi connectivity index (χ0) is 11.1. The molecule has 0 bridgehead atoms. The van der Waals surface area contributed by atoms with E-state index in [-0.39, 0.29) is 11.8 Å². The van der Waals surface area contributed by atoms with E-state index in [1.165, 1.54) is 0 Å². The van der Waals surface area contributed by atoms with Crippen LogP contribution >= 0.6 is 0 Å². The van der Waals surface area contributed by atoms with Crippen LogP contribution in [0.2, 0.25) is 0 Å². The molecule has 0 heterocycles. The second-order valence-corrected chi connectivity index (χ2v) is 6.00. The van der Waals surface area contributed by atoms with E-state index >= 15 is 0 Å². The molecule has 1 aliphatic carbocycles. The van der Waals surface area contributed by atoms with Crippen molar-refractivity contribution in [3.05, 3.63) is 0 Å². The van der Waals surface area contributed by atoms with Crippen molar-refractivity contribution in [1.82, 2.24) is 10.0 Å². The highest BCUT2D eigenvalue weighted by atomic mass is 32.2. The zero-order valence-corrected chi connectivity index (χ0v) is 10.3. The monoisotopic (exact) mass is 234 g/mol. The molecule has 90 valence electrons. The molecule has 0 aliphatic heterocycles. The molecule has 1 aliphatic rings. The molecule has 0 unspecified atom stereocenters. The van der Waals surface area contributed by atoms with Crippen LogP contribution in [0.15, 0.2) is 0 Å². The van der Waals surface area contributed by atoms with Gasteiger partial charge in [-0.1, -0.05) is 13.3 Å². The molecule has 1 rings (SSSR count). The van der Waals surface area contributed by atoms with Crippen LogP contribution in [-0.2, 0) is 10.0 Å². The third-order valence-electron chi connectivity index (χ3n) is 2.72. The van der Waals surface area contributed by atoms with Crippen molar-refractivity contribution in [3.63, 3.8) is 0 Å². The normalized spacial score (nSPS) is 17.7. The van der Waals surface area contributed by atoms with Crippen molar-refractivity contribution in [3.8, 4) is 0 Å². The molecule has 0 aromatic carbocycles. The molecule has 0 radical (unpaired) electrons. The minimum absolute atomic E-state index is 0.226. The van der Waals surface area contributed by atoms with Gasteiger partial charge in [0.25, 0.3) is 0 Å². The largest absolute Gasteiger partial charge is 0.317 e. The van der Waals surface area contributed by atoms with Gasteiger partial charge in [0.05, 0.1) is 5.75 Å². The van der Waals surface area contributed by atoms with Crippen LogP contribution in [0.5, 0.6) is 0 Å². The fraction of sp³-hybridized carbons (Fsp3) is 1.00. The summed E-state index contributed by atoms with van der Waals surface area (Å²) in [6.45, 7) is 3.91. The summed E-state index contributed by atoms with van der Waals surface area (Å²) in [6.07, 6.45) is 4.86. The zero-order valence-electron chi connectivity index (χ0n) is 9.46. The maximum atomic E-state index is 11.5. The fourth-order valence-corrected chi connectivity index (χ4v) is 3.00. The van der Waals surface area contributed by atoms with Crippen molar-refractivity contribution in [1.29, 1.82) is 0 Å². The number of sulfonamides is 1. The first-order valence-corrected chi connectivity index (χ1v) is 7.50. The first-order valence-electron chi connectivity index (χ1n) is 5.85. The first kappa shape index (κ1) is 12.9. The summed E-state index contributed by atoms with van der Waals surface area (Å²) in [5, 5.41) is 3.18. The van der Waals surface area contributed by atoms with Crippen LogP contribution in [-0.4, -0.2) is 33.3 Å². The van der Waals surface area contributed by atoms with Crippen molar-refractivity contribution in [2.45, 2.75) is 45.1 Å². The molecular formula is C10H22N2O2S. The van der Waals surface area contributed by atoms with E-state index in [1.54, 1.807) is 0 Å². The Balaban J connectivity index is 2.07. The number of hydrogen-bond donors (Lipinski definition) is 2. The molecule has 1 fully saturated rings. The van der Waals surface area contributed by atoms with E-state index < -0.39 is 10.0 Å². The number of nitrogens with one attached hydrogen (secondary N) is 2. The minimum atomic E-state index is -3.01. The van der Waals surface area contributed by atoms with Crippen LogP contribution in [0.3, 0.4) is 0 Å². The average Bonchev–Trinajstić information content (AvgIpc) is 2.12. The standard InChI is InChI=1S/C10H22N2O2S/c1-2-11-8-3-4-9-15(13,14)12-10-6-5-7-10/h10-12H,2-9H2,1H3. The van der Waals surface area contributed by atoms with Gasteiger partial charge < -0.3 is 5.32 Å². The third kappa shape index (κ3) is 5.49. The fourth-order valence-electron chi connectivity index (χ4n) is 1.56. The van der Waals surface area contributed by atoms with Gasteiger partial charge >= 0.3 is 0 Å². The van der Waals surface area contributed by atoms with Gasteiger partial charge in [0, 0.05) is 6.04 Å². The van der Waals surface area contributed by atoms with Gasteiger partial charge in [0.1, 0.15) is 0 Å². The van der Waals surface area contributed by atoms with E-state index in [9.17, 15) is 8.42 Å². The van der Waals surface area contributed by atoms with E-state index in [4.69, 9.17) is 0 Å². The summed E-state index contributed by atoms with van der Waals surface area (Å²) in [5.74, 6) is 0.273. The Labute approximate surface area is 92.9 Å². The van der Waals surface area contributed by atoms with Gasteiger partial charge in [-0.05, 0) is 38.8 Å². The summed E-state index contributed by atoms with van der Waals surface area (Å²) in [6, 6.07) is 0.226. The lowest BCUT2D eigenvalue weighted by molar-refractivity contribution is 0.383. The lowest BCUT2D eigenvalue weighted by Crippen LogP contribution is -2.40. The van der Waals surface area contributed by atoms with E-state index in [2.05, 4.69) is 17.0 Å². The molecule has 4 nitrogen and oxygen atoms in total. The summed E-state index contributed by atoms with van der Waals surface area (Å²) in [7, 11) is -3.01. The maximum absolute atomic E-state index is 11.5. The first-order chi connectivity index (χ1) is 7.14. The predicted octanol–water partition coefficient (Wildman–Crippen LogP) is 0.848. The van der Waals surface area contributed by atoms with Gasteiger partial charge in [0.2, 0.25) is 10.0 Å². The SMILES string of the molecule is CCNCCCCS(=O)(=O)NC1CCC1. The molecule has 1 saturated carbocycles. The summed E-state index contributed by atoms with van der Waals surface area (Å²) in [5.41, 5.74) is 0. The second kappa shape index (κ2) is 6.45. The van der Waals surface area contributed by atoms with Crippen LogP contribution in [0.1, 0.15) is 39.0 Å². The Morgan fingerprint density at radius 2 is 2.00 bits per heavy atom. The van der Waals surface area contributed by atoms with Gasteiger partial charge in [0.15, 0.2) is 0 Å². The van der Waals surface area contributed by atoms with Crippen molar-refractivity contribution >= 4 is 10.0 Å². The highest BCUT2D eigenvalue weighted by Gasteiger charge is 2.22. The Morgan fingerprint density at radius 3 is 2.53 bits per heavy atom. The second-order valence-electron chi connectivity index (χ2n) is 4.13. The summed E-state index contributed by atoms with van der Waals surface area (Å²) < 4.78 is 25.8. The predicted molar refractivity (Wildman–Crippen MR) is 62.3 cm³/mol. The molecular weight excluding hydrogens is 212 g/mol. The topological polar surface area (TPSA) is 58.2 Å². The van der Waals surface area contributed by atoms with Gasteiger partial charge in [-0.2, -0.15) is 0 Å². The Hall–Kier alpha value is -0.130. The summed E-state index contributed by atoms with van der Waals surface area (Å²) in [4.78, 5) is 0. The molecule has 0 aromatic rings. The van der Waals surface area contributed by atoms with Crippen molar-refractivity contribution < 1.29 is 8.42 Å². The molecule has 0 amide bonds. The summed E-state index contributed by atoms with van der Waals surface area (Å²) >= 11 is 0. The number of hydrogen-bond acceptors (Lipinski definition) is 3. The molecule has 2 N–H and O–H groups in total. The third-order valence-corrected chi connectivity index (χ3v) is 4.24. The highest BCUT2D eigenvalue weighted by molar-refractivity contribution is 7.89. The van der Waals surface area contributed by atoms with Crippen LogP contribution in [0, 0.1) is 0 Å². The molecule has 0 aromatic heterocycles. The van der Waals surface area contributed by atoms with Crippen molar-refractivity contribution in [2.24, 2.45) is 0 Å². The Kier molecular flexibility index (Phi) is 5.56. The molecule has 0 saturated heterocycles. The smallest absolute Gasteiger partial charge is 0.211 e. The Bertz CT molecular complexity index is 261. The lowest BCUT2D eigenvalue weighted by Gasteiger charge is -2.26. The van der Waals surface area contributed by atoms with Crippen molar-refractivity contribution in [2.75, 3.05) is 18.8 Å². The molecule has 0 spiro atoms. The van der Waals surface area contributed by atoms with Crippen LogP contribution in [0.25, 0.3) is 0 Å². The molecule has 15 heavy (non-hydrogen) atoms. The number of rotatable bonds is 8.